The van der Waals surface area contributed by atoms with Gasteiger partial charge in [0, 0.05) is 24.6 Å². The van der Waals surface area contributed by atoms with Gasteiger partial charge in [-0.1, -0.05) is 30.3 Å². The first-order valence-electron chi connectivity index (χ1n) is 9.86. The van der Waals surface area contributed by atoms with Gasteiger partial charge in [-0.25, -0.2) is 9.97 Å². The van der Waals surface area contributed by atoms with Crippen LogP contribution in [0.25, 0.3) is 0 Å². The van der Waals surface area contributed by atoms with E-state index in [1.807, 2.05) is 44.2 Å². The maximum Gasteiger partial charge on any atom is 0.258 e. The van der Waals surface area contributed by atoms with Gasteiger partial charge in [-0.3, -0.25) is 4.79 Å². The molecule has 1 aromatic heterocycles. The summed E-state index contributed by atoms with van der Waals surface area (Å²) in [6.07, 6.45) is 5.27. The third-order valence-corrected chi connectivity index (χ3v) is 4.75. The molecule has 2 aromatic carbocycles. The Labute approximate surface area is 170 Å². The maximum absolute atomic E-state index is 12.7. The number of rotatable bonds is 5. The molecule has 6 heteroatoms. The zero-order chi connectivity index (χ0) is 20.2. The lowest BCUT2D eigenvalue weighted by Crippen LogP contribution is -2.26. The van der Waals surface area contributed by atoms with Gasteiger partial charge in [-0.15, -0.1) is 0 Å². The van der Waals surface area contributed by atoms with Crippen LogP contribution in [-0.2, 0) is 6.42 Å². The number of nitrogens with one attached hydrogen (secondary N) is 1. The van der Waals surface area contributed by atoms with E-state index in [0.29, 0.717) is 22.9 Å². The minimum absolute atomic E-state index is 0.0167. The van der Waals surface area contributed by atoms with E-state index in [1.54, 1.807) is 12.4 Å². The van der Waals surface area contributed by atoms with Gasteiger partial charge in [0.05, 0.1) is 17.4 Å². The molecule has 0 bridgehead atoms. The van der Waals surface area contributed by atoms with Gasteiger partial charge in [0.25, 0.3) is 5.91 Å². The second-order valence-corrected chi connectivity index (χ2v) is 7.27. The van der Waals surface area contributed by atoms with Crippen LogP contribution in [0.15, 0.2) is 60.9 Å². The molecule has 0 fully saturated rings. The Morgan fingerprint density at radius 1 is 1.07 bits per heavy atom. The minimum Gasteiger partial charge on any atom is -0.489 e. The van der Waals surface area contributed by atoms with Gasteiger partial charge >= 0.3 is 0 Å². The summed E-state index contributed by atoms with van der Waals surface area (Å²) in [5.74, 6) is 0.978. The minimum atomic E-state index is -0.268. The molecule has 6 nitrogen and oxygen atoms in total. The number of hydrogen-bond acceptors (Lipinski definition) is 5. The van der Waals surface area contributed by atoms with Crippen molar-refractivity contribution in [1.82, 2.24) is 9.97 Å². The van der Waals surface area contributed by atoms with Gasteiger partial charge in [0.15, 0.2) is 0 Å². The molecule has 0 unspecified atom stereocenters. The number of carbonyl (C=O) groups excluding carboxylic acids is 1. The molecule has 1 aliphatic heterocycles. The average molecular weight is 388 g/mol. The van der Waals surface area contributed by atoms with Crippen molar-refractivity contribution in [3.8, 4) is 5.75 Å². The van der Waals surface area contributed by atoms with Crippen molar-refractivity contribution < 1.29 is 9.53 Å². The van der Waals surface area contributed by atoms with Crippen molar-refractivity contribution in [2.24, 2.45) is 0 Å². The van der Waals surface area contributed by atoms with Crippen molar-refractivity contribution in [1.29, 1.82) is 0 Å². The Morgan fingerprint density at radius 2 is 1.79 bits per heavy atom. The SMILES string of the molecule is CC(C)Oc1ccccc1NC(=O)c1cnc(N2CCCc3ccccc32)nc1. The van der Waals surface area contributed by atoms with Crippen LogP contribution in [0, 0.1) is 0 Å². The molecule has 2 heterocycles. The van der Waals surface area contributed by atoms with Crippen LogP contribution in [-0.4, -0.2) is 28.5 Å². The number of ether oxygens (including phenoxy) is 1. The highest BCUT2D eigenvalue weighted by atomic mass is 16.5. The summed E-state index contributed by atoms with van der Waals surface area (Å²) >= 11 is 0. The lowest BCUT2D eigenvalue weighted by atomic mass is 10.0. The monoisotopic (exact) mass is 388 g/mol. The fourth-order valence-corrected chi connectivity index (χ4v) is 3.44. The highest BCUT2D eigenvalue weighted by Crippen LogP contribution is 2.31. The second kappa shape index (κ2) is 8.31. The van der Waals surface area contributed by atoms with E-state index < -0.39 is 0 Å². The number of aryl methyl sites for hydroxylation is 1. The number of benzene rings is 2. The smallest absolute Gasteiger partial charge is 0.258 e. The van der Waals surface area contributed by atoms with Gasteiger partial charge in [0.2, 0.25) is 5.95 Å². The molecule has 1 amide bonds. The van der Waals surface area contributed by atoms with Crippen LogP contribution >= 0.6 is 0 Å². The lowest BCUT2D eigenvalue weighted by Gasteiger charge is -2.29. The van der Waals surface area contributed by atoms with Crippen molar-refractivity contribution in [3.63, 3.8) is 0 Å². The maximum atomic E-state index is 12.7. The first kappa shape index (κ1) is 18.9. The largest absolute Gasteiger partial charge is 0.489 e. The Balaban J connectivity index is 1.51. The number of carbonyl (C=O) groups is 1. The van der Waals surface area contributed by atoms with Crippen LogP contribution in [0.2, 0.25) is 0 Å². The third-order valence-electron chi connectivity index (χ3n) is 4.75. The number of aromatic nitrogens is 2. The zero-order valence-corrected chi connectivity index (χ0v) is 16.6. The molecule has 1 aliphatic rings. The molecular formula is C23H24N4O2. The van der Waals surface area contributed by atoms with Gasteiger partial charge in [0.1, 0.15) is 5.75 Å². The molecule has 4 rings (SSSR count). The summed E-state index contributed by atoms with van der Waals surface area (Å²) in [4.78, 5) is 23.7. The number of amides is 1. The van der Waals surface area contributed by atoms with Crippen molar-refractivity contribution >= 4 is 23.2 Å². The van der Waals surface area contributed by atoms with E-state index in [-0.39, 0.29) is 12.0 Å². The van der Waals surface area contributed by atoms with E-state index >= 15 is 0 Å². The topological polar surface area (TPSA) is 67.3 Å². The molecule has 0 aliphatic carbocycles. The van der Waals surface area contributed by atoms with E-state index in [2.05, 4.69) is 38.4 Å². The fraction of sp³-hybridized carbons (Fsp3) is 0.261. The molecule has 148 valence electrons. The van der Waals surface area contributed by atoms with Gasteiger partial charge < -0.3 is 15.0 Å². The summed E-state index contributed by atoms with van der Waals surface area (Å²) in [7, 11) is 0. The van der Waals surface area contributed by atoms with Crippen LogP contribution in [0.1, 0.15) is 36.2 Å². The number of hydrogen-bond donors (Lipinski definition) is 1. The third kappa shape index (κ3) is 4.21. The summed E-state index contributed by atoms with van der Waals surface area (Å²) in [6.45, 7) is 4.76. The highest BCUT2D eigenvalue weighted by molar-refractivity contribution is 6.04. The van der Waals surface area contributed by atoms with Crippen LogP contribution in [0.4, 0.5) is 17.3 Å². The van der Waals surface area contributed by atoms with Crippen molar-refractivity contribution in [3.05, 3.63) is 72.1 Å². The molecule has 0 radical (unpaired) electrons. The Kier molecular flexibility index (Phi) is 5.42. The summed E-state index contributed by atoms with van der Waals surface area (Å²) in [6, 6.07) is 15.7. The van der Waals surface area contributed by atoms with Crippen molar-refractivity contribution in [2.45, 2.75) is 32.8 Å². The molecule has 0 saturated carbocycles. The average Bonchev–Trinajstić information content (AvgIpc) is 2.74. The van der Waals surface area contributed by atoms with E-state index in [4.69, 9.17) is 4.74 Å². The Hall–Kier alpha value is -3.41. The van der Waals surface area contributed by atoms with E-state index in [9.17, 15) is 4.79 Å². The standard InChI is InChI=1S/C23H24N4O2/c1-16(2)29-21-12-6-4-10-19(21)26-22(28)18-14-24-23(25-15-18)27-13-7-9-17-8-3-5-11-20(17)27/h3-6,8,10-12,14-16H,7,9,13H2,1-2H3,(H,26,28). The fourth-order valence-electron chi connectivity index (χ4n) is 3.44. The predicted octanol–water partition coefficient (Wildman–Crippen LogP) is 4.60. The van der Waals surface area contributed by atoms with Gasteiger partial charge in [-0.2, -0.15) is 0 Å². The summed E-state index contributed by atoms with van der Waals surface area (Å²) in [5, 5.41) is 2.89. The summed E-state index contributed by atoms with van der Waals surface area (Å²) < 4.78 is 5.76. The molecule has 0 saturated heterocycles. The highest BCUT2D eigenvalue weighted by Gasteiger charge is 2.20. The normalized spacial score (nSPS) is 13.1. The molecule has 0 spiro atoms. The van der Waals surface area contributed by atoms with Crippen LogP contribution in [0.5, 0.6) is 5.75 Å². The summed E-state index contributed by atoms with van der Waals surface area (Å²) in [5.41, 5.74) is 3.46. The Bertz CT molecular complexity index is 1000. The second-order valence-electron chi connectivity index (χ2n) is 7.27. The quantitative estimate of drug-likeness (QED) is 0.692. The van der Waals surface area contributed by atoms with Crippen molar-refractivity contribution in [2.75, 3.05) is 16.8 Å². The number of fused-ring (bicyclic) bond motifs is 1. The first-order valence-corrected chi connectivity index (χ1v) is 9.86. The van der Waals surface area contributed by atoms with Gasteiger partial charge in [-0.05, 0) is 50.5 Å². The lowest BCUT2D eigenvalue weighted by molar-refractivity contribution is 0.102. The molecular weight excluding hydrogens is 364 g/mol. The van der Waals surface area contributed by atoms with E-state index in [0.717, 1.165) is 25.1 Å². The number of anilines is 3. The molecule has 29 heavy (non-hydrogen) atoms. The molecule has 1 N–H and O–H groups in total. The Morgan fingerprint density at radius 3 is 2.59 bits per heavy atom. The van der Waals surface area contributed by atoms with E-state index in [1.165, 1.54) is 5.56 Å². The van der Waals surface area contributed by atoms with Crippen LogP contribution < -0.4 is 15.0 Å². The number of para-hydroxylation sites is 3. The number of nitrogens with zero attached hydrogens (tertiary/aromatic N) is 3. The predicted molar refractivity (Wildman–Crippen MR) is 114 cm³/mol. The first-order chi connectivity index (χ1) is 14.1. The molecule has 0 atom stereocenters. The zero-order valence-electron chi connectivity index (χ0n) is 16.6. The molecule has 3 aromatic rings. The van der Waals surface area contributed by atoms with Crippen LogP contribution in [0.3, 0.4) is 0 Å².